The minimum atomic E-state index is -1.64. The zero-order chi connectivity index (χ0) is 60.1. The molecule has 0 aliphatic carbocycles. The maximum Gasteiger partial charge on any atom is 0.245 e. The van der Waals surface area contributed by atoms with Crippen molar-refractivity contribution in [3.8, 4) is 5.75 Å². The number of benzene rings is 2. The Morgan fingerprint density at radius 3 is 1.44 bits per heavy atom. The maximum atomic E-state index is 14.4. The molecule has 0 spiro atoms. The fourth-order valence-electron chi connectivity index (χ4n) is 8.28. The molecule has 0 unspecified atom stereocenters. The van der Waals surface area contributed by atoms with Crippen LogP contribution in [0.1, 0.15) is 111 Å². The van der Waals surface area contributed by atoms with Crippen LogP contribution in [0.25, 0.3) is 0 Å². The molecule has 11 atom stereocenters. The van der Waals surface area contributed by atoms with Crippen molar-refractivity contribution >= 4 is 70.8 Å². The van der Waals surface area contributed by atoms with Gasteiger partial charge in [0, 0.05) is 19.8 Å². The second-order valence-electron chi connectivity index (χ2n) is 20.4. The summed E-state index contributed by atoms with van der Waals surface area (Å²) in [6.45, 7) is 11.4. The predicted molar refractivity (Wildman–Crippen MR) is 305 cm³/mol. The van der Waals surface area contributed by atoms with Gasteiger partial charge in [0.1, 0.15) is 60.1 Å². The molecule has 24 nitrogen and oxygen atoms in total. The standard InChI is InChI=1S/C55H88N12O12S/c1-9-32(4)45(60-35(7)69)54(78)63-41(25-28-80-8)50(74)67-46(34(6)68)55(79)65-42(29-36-17-11-10-12-18-36)52(76)62-40(20-14-16-27-57)49(73)59-33(5)48(72)66-44(31(2)3)53(77)64-43(30-37-21-23-38(70)24-22-37)51(75)61-39(47(58)71)19-13-15-26-56/h10-12,17-18,21-24,31-34,39-46,68,70H,9,13-16,19-20,25-30,56-57H2,1-8H3,(H2,58,71)(H,59,73)(H,60,69)(H,61,75)(H,62,76)(H,63,78)(H,64,77)(H,65,79)(H,66,72)(H,67,74)/t32-,33-,34+,39-,40-,41-,42-,43-,44-,45-,46-/m0/s1. The Labute approximate surface area is 473 Å². The van der Waals surface area contributed by atoms with Crippen molar-refractivity contribution in [1.82, 2.24) is 47.9 Å². The quantitative estimate of drug-likeness (QED) is 0.0367. The number of rotatable bonds is 37. The molecule has 80 heavy (non-hydrogen) atoms. The summed E-state index contributed by atoms with van der Waals surface area (Å²) in [6, 6.07) is 3.11. The molecule has 446 valence electrons. The summed E-state index contributed by atoms with van der Waals surface area (Å²) in [5.41, 5.74) is 18.1. The van der Waals surface area contributed by atoms with Crippen molar-refractivity contribution in [2.24, 2.45) is 29.0 Å². The van der Waals surface area contributed by atoms with Crippen molar-refractivity contribution in [1.29, 1.82) is 0 Å². The van der Waals surface area contributed by atoms with Gasteiger partial charge in [0.15, 0.2) is 0 Å². The van der Waals surface area contributed by atoms with Crippen molar-refractivity contribution in [2.45, 2.75) is 173 Å². The van der Waals surface area contributed by atoms with Crippen LogP contribution < -0.4 is 65.1 Å². The smallest absolute Gasteiger partial charge is 0.245 e. The first-order valence-electron chi connectivity index (χ1n) is 27.3. The third-order valence-corrected chi connectivity index (χ3v) is 13.9. The van der Waals surface area contributed by atoms with Crippen LogP contribution in [0, 0.1) is 11.8 Å². The summed E-state index contributed by atoms with van der Waals surface area (Å²) < 4.78 is 0. The van der Waals surface area contributed by atoms with Gasteiger partial charge in [-0.1, -0.05) is 76.6 Å². The molecule has 0 aliphatic heterocycles. The summed E-state index contributed by atoms with van der Waals surface area (Å²) >= 11 is 1.40. The second kappa shape index (κ2) is 36.4. The van der Waals surface area contributed by atoms with Gasteiger partial charge in [-0.3, -0.25) is 47.9 Å². The minimum absolute atomic E-state index is 0.0303. The highest BCUT2D eigenvalue weighted by Gasteiger charge is 2.37. The topological polar surface area (TPSA) is 397 Å². The number of aliphatic hydroxyl groups excluding tert-OH is 1. The number of hydrogen-bond acceptors (Lipinski definition) is 15. The van der Waals surface area contributed by atoms with Gasteiger partial charge in [0.2, 0.25) is 59.1 Å². The van der Waals surface area contributed by atoms with Crippen molar-refractivity contribution in [2.75, 3.05) is 25.1 Å². The fourth-order valence-corrected chi connectivity index (χ4v) is 8.75. The molecule has 0 radical (unpaired) electrons. The van der Waals surface area contributed by atoms with Crippen LogP contribution >= 0.6 is 11.8 Å². The van der Waals surface area contributed by atoms with Gasteiger partial charge in [-0.25, -0.2) is 0 Å². The number of nitrogens with two attached hydrogens (primary N) is 3. The van der Waals surface area contributed by atoms with Gasteiger partial charge in [0.25, 0.3) is 0 Å². The zero-order valence-electron chi connectivity index (χ0n) is 47.4. The Bertz CT molecular complexity index is 2330. The summed E-state index contributed by atoms with van der Waals surface area (Å²) in [5, 5.41) is 44.5. The van der Waals surface area contributed by atoms with Crippen molar-refractivity contribution in [3.63, 3.8) is 0 Å². The Hall–Kier alpha value is -6.83. The van der Waals surface area contributed by atoms with E-state index in [0.29, 0.717) is 55.5 Å². The van der Waals surface area contributed by atoms with Gasteiger partial charge < -0.3 is 75.3 Å². The molecule has 0 bridgehead atoms. The molecule has 2 aromatic carbocycles. The number of carbonyl (C=O) groups is 10. The zero-order valence-corrected chi connectivity index (χ0v) is 48.3. The number of amides is 10. The van der Waals surface area contributed by atoms with Crippen LogP contribution in [0.4, 0.5) is 0 Å². The highest BCUT2D eigenvalue weighted by molar-refractivity contribution is 7.98. The lowest BCUT2D eigenvalue weighted by Crippen LogP contribution is -2.62. The number of phenols is 1. The molecular weight excluding hydrogens is 1050 g/mol. The number of aromatic hydroxyl groups is 1. The van der Waals surface area contributed by atoms with Crippen molar-refractivity contribution in [3.05, 3.63) is 65.7 Å². The highest BCUT2D eigenvalue weighted by atomic mass is 32.2. The first-order chi connectivity index (χ1) is 37.9. The van der Waals surface area contributed by atoms with Gasteiger partial charge in [-0.05, 0) is 119 Å². The molecule has 25 heteroatoms. The summed E-state index contributed by atoms with van der Waals surface area (Å²) in [6.07, 6.45) is 2.86. The maximum absolute atomic E-state index is 14.4. The van der Waals surface area contributed by atoms with E-state index in [4.69, 9.17) is 17.2 Å². The van der Waals surface area contributed by atoms with E-state index in [1.165, 1.54) is 44.7 Å². The SMILES string of the molecule is CC[C@H](C)[C@H](NC(C)=O)C(=O)N[C@@H](CCSC)C(=O)N[C@H](C(=O)N[C@@H](Cc1ccccc1)C(=O)N[C@@H](CCCCN)C(=O)N[C@@H](C)C(=O)N[C@H](C(=O)N[C@@H](Cc1ccc(O)cc1)C(=O)N[C@@H](CCCCN)C(N)=O)C(C)C)[C@@H](C)O. The third-order valence-electron chi connectivity index (χ3n) is 13.3. The molecule has 0 fully saturated rings. The third kappa shape index (κ3) is 24.7. The summed E-state index contributed by atoms with van der Waals surface area (Å²) in [4.78, 5) is 136. The molecule has 2 aromatic rings. The normalized spacial score (nSPS) is 15.3. The average Bonchev–Trinajstić information content (AvgIpc) is 3.41. The van der Waals surface area contributed by atoms with E-state index in [1.54, 1.807) is 69.5 Å². The summed E-state index contributed by atoms with van der Waals surface area (Å²) in [7, 11) is 0. The van der Waals surface area contributed by atoms with Crippen molar-refractivity contribution < 1.29 is 58.2 Å². The molecule has 10 amide bonds. The first-order valence-corrected chi connectivity index (χ1v) is 28.6. The number of unbranched alkanes of at least 4 members (excludes halogenated alkanes) is 2. The van der Waals surface area contributed by atoms with Crippen LogP contribution in [0.3, 0.4) is 0 Å². The molecule has 0 saturated heterocycles. The first kappa shape index (κ1) is 69.3. The second-order valence-corrected chi connectivity index (χ2v) is 21.4. The van der Waals surface area contributed by atoms with Gasteiger partial charge >= 0.3 is 0 Å². The number of primary amides is 1. The largest absolute Gasteiger partial charge is 0.508 e. The van der Waals surface area contributed by atoms with E-state index < -0.39 is 125 Å². The van der Waals surface area contributed by atoms with Gasteiger partial charge in [0.05, 0.1) is 6.10 Å². The van der Waals surface area contributed by atoms with E-state index >= 15 is 0 Å². The number of thioether (sulfide) groups is 1. The predicted octanol–water partition coefficient (Wildman–Crippen LogP) is -0.840. The Balaban J connectivity index is 2.39. The van der Waals surface area contributed by atoms with Crippen LogP contribution in [0.15, 0.2) is 54.6 Å². The van der Waals surface area contributed by atoms with Crippen LogP contribution in [-0.2, 0) is 60.8 Å². The molecule has 17 N–H and O–H groups in total. The van der Waals surface area contributed by atoms with Crippen LogP contribution in [0.5, 0.6) is 5.75 Å². The minimum Gasteiger partial charge on any atom is -0.508 e. The number of aliphatic hydroxyl groups is 1. The van der Waals surface area contributed by atoms with E-state index in [0.717, 1.165) is 0 Å². The monoisotopic (exact) mass is 1140 g/mol. The number of phenolic OH excluding ortho intramolecular Hbond substituents is 1. The molecular formula is C55H88N12O12S. The van der Waals surface area contributed by atoms with E-state index in [-0.39, 0.29) is 50.3 Å². The number of nitrogens with one attached hydrogen (secondary N) is 9. The molecule has 0 saturated carbocycles. The lowest BCUT2D eigenvalue weighted by Gasteiger charge is -2.29. The molecule has 0 aromatic heterocycles. The summed E-state index contributed by atoms with van der Waals surface area (Å²) in [5.74, 6) is -8.01. The Morgan fingerprint density at radius 2 is 0.950 bits per heavy atom. The van der Waals surface area contributed by atoms with Gasteiger partial charge in [-0.2, -0.15) is 11.8 Å². The lowest BCUT2D eigenvalue weighted by molar-refractivity contribution is -0.137. The fraction of sp³-hybridized carbons (Fsp3) is 0.600. The van der Waals surface area contributed by atoms with E-state index in [9.17, 15) is 58.2 Å². The molecule has 0 heterocycles. The Kier molecular flexibility index (Phi) is 31.5. The average molecular weight is 1140 g/mol. The molecule has 2 rings (SSSR count). The number of hydrogen-bond donors (Lipinski definition) is 14. The van der Waals surface area contributed by atoms with E-state index in [2.05, 4.69) is 47.9 Å². The highest BCUT2D eigenvalue weighted by Crippen LogP contribution is 2.15. The Morgan fingerprint density at radius 1 is 0.512 bits per heavy atom. The number of carbonyl (C=O) groups excluding carboxylic acids is 10. The molecule has 0 aliphatic rings. The van der Waals surface area contributed by atoms with Gasteiger partial charge in [-0.15, -0.1) is 0 Å². The van der Waals surface area contributed by atoms with E-state index in [1.807, 2.05) is 6.92 Å². The van der Waals surface area contributed by atoms with Crippen LogP contribution in [-0.4, -0.2) is 155 Å². The lowest BCUT2D eigenvalue weighted by atomic mass is 9.97. The van der Waals surface area contributed by atoms with Crippen LogP contribution in [0.2, 0.25) is 0 Å².